The van der Waals surface area contributed by atoms with Gasteiger partial charge in [-0.05, 0) is 55.3 Å². The second-order valence-corrected chi connectivity index (χ2v) is 6.31. The number of halogens is 1. The van der Waals surface area contributed by atoms with Gasteiger partial charge < -0.3 is 11.1 Å². The second kappa shape index (κ2) is 9.08. The summed E-state index contributed by atoms with van der Waals surface area (Å²) in [5.41, 5.74) is 11.7. The van der Waals surface area contributed by atoms with Crippen molar-refractivity contribution >= 4 is 38.9 Å². The summed E-state index contributed by atoms with van der Waals surface area (Å²) in [6.07, 6.45) is 1.15. The van der Waals surface area contributed by atoms with Gasteiger partial charge in [0.05, 0.1) is 5.71 Å². The Kier molecular flexibility index (Phi) is 6.81. The Morgan fingerprint density at radius 1 is 1.12 bits per heavy atom. The van der Waals surface area contributed by atoms with Crippen molar-refractivity contribution in [1.82, 2.24) is 5.43 Å². The average Bonchev–Trinajstić information content (AvgIpc) is 2.59. The molecule has 0 radical (unpaired) electrons. The van der Waals surface area contributed by atoms with Crippen LogP contribution < -0.4 is 16.5 Å². The van der Waals surface area contributed by atoms with Crippen LogP contribution in [0.3, 0.4) is 0 Å². The SMILES string of the molecule is C/C(=N/NC(=O)CCCNc1ccc(Br)cc1)c1ccc(N)cc1. The van der Waals surface area contributed by atoms with Crippen LogP contribution in [-0.2, 0) is 4.79 Å². The number of rotatable bonds is 7. The van der Waals surface area contributed by atoms with Gasteiger partial charge in [0.1, 0.15) is 0 Å². The summed E-state index contributed by atoms with van der Waals surface area (Å²) in [4.78, 5) is 11.8. The maximum Gasteiger partial charge on any atom is 0.240 e. The van der Waals surface area contributed by atoms with Crippen LogP contribution >= 0.6 is 15.9 Å². The lowest BCUT2D eigenvalue weighted by Gasteiger charge is -2.06. The van der Waals surface area contributed by atoms with Gasteiger partial charge in [0, 0.05) is 28.8 Å². The molecule has 5 nitrogen and oxygen atoms in total. The van der Waals surface area contributed by atoms with E-state index in [1.54, 1.807) is 0 Å². The normalized spacial score (nSPS) is 11.2. The van der Waals surface area contributed by atoms with Crippen LogP contribution in [0.25, 0.3) is 0 Å². The molecule has 0 heterocycles. The third kappa shape index (κ3) is 6.04. The van der Waals surface area contributed by atoms with Gasteiger partial charge in [0.2, 0.25) is 5.91 Å². The summed E-state index contributed by atoms with van der Waals surface area (Å²) < 4.78 is 1.04. The number of nitrogens with one attached hydrogen (secondary N) is 2. The van der Waals surface area contributed by atoms with E-state index in [0.29, 0.717) is 12.1 Å². The lowest BCUT2D eigenvalue weighted by molar-refractivity contribution is -0.121. The number of carbonyl (C=O) groups is 1. The van der Waals surface area contributed by atoms with Crippen molar-refractivity contribution in [3.05, 3.63) is 58.6 Å². The highest BCUT2D eigenvalue weighted by atomic mass is 79.9. The standard InChI is InChI=1S/C18H21BrN4O/c1-13(14-4-8-16(20)9-5-14)22-23-18(24)3-2-12-21-17-10-6-15(19)7-11-17/h4-11,21H,2-3,12,20H2,1H3,(H,23,24)/b22-13-. The van der Waals surface area contributed by atoms with Crippen LogP contribution in [0.15, 0.2) is 58.1 Å². The molecule has 0 aromatic heterocycles. The lowest BCUT2D eigenvalue weighted by atomic mass is 10.1. The molecule has 0 aliphatic carbocycles. The van der Waals surface area contributed by atoms with E-state index in [-0.39, 0.29) is 5.91 Å². The fraction of sp³-hybridized carbons (Fsp3) is 0.222. The van der Waals surface area contributed by atoms with Gasteiger partial charge in [-0.25, -0.2) is 5.43 Å². The smallest absolute Gasteiger partial charge is 0.240 e. The highest BCUT2D eigenvalue weighted by molar-refractivity contribution is 9.10. The van der Waals surface area contributed by atoms with Gasteiger partial charge in [-0.2, -0.15) is 5.10 Å². The highest BCUT2D eigenvalue weighted by Gasteiger charge is 2.02. The Hall–Kier alpha value is -2.34. The Bertz CT molecular complexity index is 696. The van der Waals surface area contributed by atoms with Crippen molar-refractivity contribution in [3.8, 4) is 0 Å². The number of nitrogens with zero attached hydrogens (tertiary/aromatic N) is 1. The minimum Gasteiger partial charge on any atom is -0.399 e. The summed E-state index contributed by atoms with van der Waals surface area (Å²) in [6.45, 7) is 2.58. The third-order valence-corrected chi connectivity index (χ3v) is 3.96. The van der Waals surface area contributed by atoms with E-state index in [0.717, 1.165) is 34.4 Å². The van der Waals surface area contributed by atoms with Crippen LogP contribution in [0.4, 0.5) is 11.4 Å². The molecule has 0 unspecified atom stereocenters. The predicted octanol–water partition coefficient (Wildman–Crippen LogP) is 3.76. The maximum absolute atomic E-state index is 11.8. The molecule has 6 heteroatoms. The Labute approximate surface area is 150 Å². The molecule has 0 saturated heterocycles. The molecule has 0 bridgehead atoms. The van der Waals surface area contributed by atoms with Gasteiger partial charge in [-0.15, -0.1) is 0 Å². The first-order valence-electron chi connectivity index (χ1n) is 7.73. The van der Waals surface area contributed by atoms with E-state index >= 15 is 0 Å². The van der Waals surface area contributed by atoms with Crippen LogP contribution in [0.5, 0.6) is 0 Å². The average molecular weight is 389 g/mol. The molecule has 0 fully saturated rings. The highest BCUT2D eigenvalue weighted by Crippen LogP contribution is 2.14. The monoisotopic (exact) mass is 388 g/mol. The molecule has 0 spiro atoms. The van der Waals surface area contributed by atoms with E-state index in [4.69, 9.17) is 5.73 Å². The number of amides is 1. The van der Waals surface area contributed by atoms with E-state index < -0.39 is 0 Å². The third-order valence-electron chi connectivity index (χ3n) is 3.43. The quantitative estimate of drug-likeness (QED) is 0.292. The van der Waals surface area contributed by atoms with Gasteiger partial charge in [-0.3, -0.25) is 4.79 Å². The van der Waals surface area contributed by atoms with E-state index in [9.17, 15) is 4.79 Å². The number of nitrogen functional groups attached to an aromatic ring is 1. The van der Waals surface area contributed by atoms with Crippen LogP contribution in [0.2, 0.25) is 0 Å². The van der Waals surface area contributed by atoms with Gasteiger partial charge in [-0.1, -0.05) is 28.1 Å². The molecular formula is C18H21BrN4O. The van der Waals surface area contributed by atoms with Crippen molar-refractivity contribution in [1.29, 1.82) is 0 Å². The molecular weight excluding hydrogens is 368 g/mol. The minimum atomic E-state index is -0.0950. The number of benzene rings is 2. The van der Waals surface area contributed by atoms with Crippen LogP contribution in [-0.4, -0.2) is 18.2 Å². The molecule has 0 aliphatic rings. The molecule has 0 aliphatic heterocycles. The van der Waals surface area contributed by atoms with Crippen LogP contribution in [0, 0.1) is 0 Å². The van der Waals surface area contributed by atoms with E-state index in [1.165, 1.54) is 0 Å². The summed E-state index contributed by atoms with van der Waals surface area (Å²) in [7, 11) is 0. The first kappa shape index (κ1) is 18.0. The second-order valence-electron chi connectivity index (χ2n) is 5.39. The Balaban J connectivity index is 1.70. The molecule has 1 amide bonds. The number of hydrogen-bond acceptors (Lipinski definition) is 4. The van der Waals surface area contributed by atoms with E-state index in [1.807, 2.05) is 55.5 Å². The zero-order valence-corrected chi connectivity index (χ0v) is 15.1. The molecule has 2 aromatic carbocycles. The molecule has 4 N–H and O–H groups in total. The molecule has 24 heavy (non-hydrogen) atoms. The van der Waals surface area contributed by atoms with Crippen LogP contribution in [0.1, 0.15) is 25.3 Å². The summed E-state index contributed by atoms with van der Waals surface area (Å²) in [6, 6.07) is 15.3. The Morgan fingerprint density at radius 3 is 2.46 bits per heavy atom. The first-order valence-corrected chi connectivity index (χ1v) is 8.52. The zero-order chi connectivity index (χ0) is 17.4. The number of hydrogen-bond donors (Lipinski definition) is 3. The molecule has 2 aromatic rings. The topological polar surface area (TPSA) is 79.5 Å². The molecule has 0 atom stereocenters. The van der Waals surface area contributed by atoms with Crippen molar-refractivity contribution in [3.63, 3.8) is 0 Å². The van der Waals surface area contributed by atoms with E-state index in [2.05, 4.69) is 31.8 Å². The number of nitrogens with two attached hydrogens (primary N) is 1. The van der Waals surface area contributed by atoms with Crippen molar-refractivity contribution < 1.29 is 4.79 Å². The molecule has 0 saturated carbocycles. The molecule has 2 rings (SSSR count). The Morgan fingerprint density at radius 2 is 1.79 bits per heavy atom. The fourth-order valence-corrected chi connectivity index (χ4v) is 2.30. The summed E-state index contributed by atoms with van der Waals surface area (Å²) in [5.74, 6) is -0.0950. The first-order chi connectivity index (χ1) is 11.5. The summed E-state index contributed by atoms with van der Waals surface area (Å²) >= 11 is 3.40. The molecule has 126 valence electrons. The largest absolute Gasteiger partial charge is 0.399 e. The lowest BCUT2D eigenvalue weighted by Crippen LogP contribution is -2.20. The number of hydrazone groups is 1. The maximum atomic E-state index is 11.8. The summed E-state index contributed by atoms with van der Waals surface area (Å²) in [5, 5.41) is 7.40. The van der Waals surface area contributed by atoms with Gasteiger partial charge in [0.15, 0.2) is 0 Å². The van der Waals surface area contributed by atoms with Gasteiger partial charge >= 0.3 is 0 Å². The van der Waals surface area contributed by atoms with Gasteiger partial charge in [0.25, 0.3) is 0 Å². The van der Waals surface area contributed by atoms with Crippen molar-refractivity contribution in [2.24, 2.45) is 5.10 Å². The minimum absolute atomic E-state index is 0.0950. The number of carbonyl (C=O) groups excluding carboxylic acids is 1. The van der Waals surface area contributed by atoms with Crippen molar-refractivity contribution in [2.45, 2.75) is 19.8 Å². The number of anilines is 2. The fourth-order valence-electron chi connectivity index (χ4n) is 2.04. The predicted molar refractivity (Wildman–Crippen MR) is 103 cm³/mol. The van der Waals surface area contributed by atoms with Crippen molar-refractivity contribution in [2.75, 3.05) is 17.6 Å². The zero-order valence-electron chi connectivity index (χ0n) is 13.6.